The third-order valence-corrected chi connectivity index (χ3v) is 5.48. The molecule has 182 valence electrons. The number of phenolic OH excluding ortho intramolecular Hbond substituents is 1. The summed E-state index contributed by atoms with van der Waals surface area (Å²) in [6.07, 6.45) is 6.72. The molecule has 0 bridgehead atoms. The SMILES string of the molecule is CC.C\C=C/C=C(C#N)\C=C(/C)S(=O)Nc1nc2ccccc2nc1Nc1cc(O)cc(OC)c1. The van der Waals surface area contributed by atoms with Gasteiger partial charge in [0.25, 0.3) is 0 Å². The molecule has 2 aromatic carbocycles. The van der Waals surface area contributed by atoms with Gasteiger partial charge in [-0.05, 0) is 38.1 Å². The van der Waals surface area contributed by atoms with E-state index >= 15 is 0 Å². The highest BCUT2D eigenvalue weighted by Gasteiger charge is 2.14. The fraction of sp³-hybridized carbons (Fsp3) is 0.192. The van der Waals surface area contributed by atoms with Crippen LogP contribution in [0, 0.1) is 11.3 Å². The maximum absolute atomic E-state index is 13.0. The molecule has 0 aliphatic carbocycles. The highest BCUT2D eigenvalue weighted by molar-refractivity contribution is 7.90. The zero-order valence-electron chi connectivity index (χ0n) is 20.4. The van der Waals surface area contributed by atoms with Gasteiger partial charge in [-0.2, -0.15) is 5.26 Å². The van der Waals surface area contributed by atoms with Crippen LogP contribution in [0.25, 0.3) is 11.0 Å². The molecule has 0 aliphatic heterocycles. The van der Waals surface area contributed by atoms with Crippen LogP contribution in [0.1, 0.15) is 27.7 Å². The van der Waals surface area contributed by atoms with E-state index in [1.807, 2.05) is 39.0 Å². The Balaban J connectivity index is 0.00000210. The number of hydrogen-bond acceptors (Lipinski definition) is 7. The third kappa shape index (κ3) is 7.69. The van der Waals surface area contributed by atoms with Gasteiger partial charge in [-0.15, -0.1) is 0 Å². The molecule has 0 saturated carbocycles. The first-order valence-corrected chi connectivity index (χ1v) is 12.1. The van der Waals surface area contributed by atoms with Crippen molar-refractivity contribution in [3.63, 3.8) is 0 Å². The molecule has 0 fully saturated rings. The third-order valence-electron chi connectivity index (χ3n) is 4.40. The lowest BCUT2D eigenvalue weighted by atomic mass is 10.2. The van der Waals surface area contributed by atoms with E-state index in [2.05, 4.69) is 26.1 Å². The molecule has 3 rings (SSSR count). The number of phenols is 1. The fourth-order valence-corrected chi connectivity index (χ4v) is 3.54. The molecule has 1 aromatic heterocycles. The van der Waals surface area contributed by atoms with Gasteiger partial charge < -0.3 is 15.2 Å². The van der Waals surface area contributed by atoms with Gasteiger partial charge in [0.1, 0.15) is 22.5 Å². The number of rotatable bonds is 8. The molecule has 9 heteroatoms. The first-order valence-electron chi connectivity index (χ1n) is 10.9. The van der Waals surface area contributed by atoms with Gasteiger partial charge in [-0.3, -0.25) is 4.72 Å². The molecule has 35 heavy (non-hydrogen) atoms. The smallest absolute Gasteiger partial charge is 0.182 e. The lowest BCUT2D eigenvalue weighted by Crippen LogP contribution is -2.10. The first-order chi connectivity index (χ1) is 16.9. The van der Waals surface area contributed by atoms with Crippen molar-refractivity contribution in [3.05, 3.63) is 77.2 Å². The average Bonchev–Trinajstić information content (AvgIpc) is 2.87. The number of benzene rings is 2. The number of nitrogens with zero attached hydrogens (tertiary/aromatic N) is 3. The quantitative estimate of drug-likeness (QED) is 0.256. The Morgan fingerprint density at radius 3 is 2.40 bits per heavy atom. The number of aromatic nitrogens is 2. The summed E-state index contributed by atoms with van der Waals surface area (Å²) in [5, 5.41) is 22.4. The summed E-state index contributed by atoms with van der Waals surface area (Å²) in [6.45, 7) is 7.50. The van der Waals surface area contributed by atoms with Gasteiger partial charge in [-0.25, -0.2) is 14.2 Å². The Hall–Kier alpha value is -4.16. The minimum Gasteiger partial charge on any atom is -0.508 e. The molecule has 3 aromatic rings. The standard InChI is InChI=1S/C24H23N5O3S.C2H6/c1-4-5-8-17(15-25)11-16(2)33(31)29-24-23(27-21-9-6-7-10-22(21)28-24)26-18-12-19(30)14-20(13-18)32-3;1-2/h4-14,30H,1-3H3,(H,26,27)(H,28,29);1-2H3/b5-4-,16-11+,17-8+;. The van der Waals surface area contributed by atoms with Crippen LogP contribution < -0.4 is 14.8 Å². The number of para-hydroxylation sites is 2. The second-order valence-electron chi connectivity index (χ2n) is 6.84. The van der Waals surface area contributed by atoms with Gasteiger partial charge in [-0.1, -0.05) is 38.1 Å². The van der Waals surface area contributed by atoms with E-state index in [0.29, 0.717) is 38.8 Å². The number of nitriles is 1. The van der Waals surface area contributed by atoms with E-state index in [1.165, 1.54) is 19.2 Å². The first kappa shape index (κ1) is 27.1. The van der Waals surface area contributed by atoms with Crippen molar-refractivity contribution < 1.29 is 14.1 Å². The molecule has 3 N–H and O–H groups in total. The molecule has 0 saturated heterocycles. The summed E-state index contributed by atoms with van der Waals surface area (Å²) in [6, 6.07) is 14.0. The number of fused-ring (bicyclic) bond motifs is 1. The van der Waals surface area contributed by atoms with Crippen molar-refractivity contribution in [2.45, 2.75) is 27.7 Å². The van der Waals surface area contributed by atoms with Crippen LogP contribution >= 0.6 is 0 Å². The topological polar surface area (TPSA) is 120 Å². The predicted octanol–water partition coefficient (Wildman–Crippen LogP) is 6.12. The van der Waals surface area contributed by atoms with Crippen molar-refractivity contribution in [2.75, 3.05) is 17.1 Å². The van der Waals surface area contributed by atoms with Gasteiger partial charge in [0.2, 0.25) is 0 Å². The summed E-state index contributed by atoms with van der Waals surface area (Å²) in [4.78, 5) is 9.60. The van der Waals surface area contributed by atoms with Crippen LogP contribution in [0.3, 0.4) is 0 Å². The maximum atomic E-state index is 13.0. The summed E-state index contributed by atoms with van der Waals surface area (Å²) in [7, 11) is -0.187. The van der Waals surface area contributed by atoms with Crippen LogP contribution in [0.4, 0.5) is 17.3 Å². The minimum atomic E-state index is -1.69. The van der Waals surface area contributed by atoms with Crippen molar-refractivity contribution in [1.82, 2.24) is 9.97 Å². The number of ether oxygens (including phenoxy) is 1. The van der Waals surface area contributed by atoms with Crippen LogP contribution in [0.5, 0.6) is 11.5 Å². The van der Waals surface area contributed by atoms with Crippen LogP contribution in [-0.4, -0.2) is 26.4 Å². The van der Waals surface area contributed by atoms with Gasteiger partial charge in [0.15, 0.2) is 11.6 Å². The van der Waals surface area contributed by atoms with E-state index in [9.17, 15) is 14.6 Å². The molecular formula is C26H29N5O3S. The molecule has 1 unspecified atom stereocenters. The average molecular weight is 492 g/mol. The Bertz CT molecular complexity index is 1330. The number of nitrogens with one attached hydrogen (secondary N) is 2. The highest BCUT2D eigenvalue weighted by atomic mass is 32.2. The summed E-state index contributed by atoms with van der Waals surface area (Å²) in [5.41, 5.74) is 2.13. The molecule has 0 amide bonds. The molecule has 1 heterocycles. The highest BCUT2D eigenvalue weighted by Crippen LogP contribution is 2.30. The second-order valence-corrected chi connectivity index (χ2v) is 8.23. The molecule has 0 radical (unpaired) electrons. The number of aromatic hydroxyl groups is 1. The van der Waals surface area contributed by atoms with Crippen molar-refractivity contribution in [2.24, 2.45) is 0 Å². The van der Waals surface area contributed by atoms with Crippen molar-refractivity contribution in [1.29, 1.82) is 5.26 Å². The van der Waals surface area contributed by atoms with Crippen molar-refractivity contribution in [3.8, 4) is 17.6 Å². The Morgan fingerprint density at radius 2 is 1.80 bits per heavy atom. The van der Waals surface area contributed by atoms with Gasteiger partial charge >= 0.3 is 0 Å². The number of anilines is 3. The van der Waals surface area contributed by atoms with E-state index in [4.69, 9.17) is 4.74 Å². The van der Waals surface area contributed by atoms with E-state index in [-0.39, 0.29) is 11.6 Å². The van der Waals surface area contributed by atoms with Crippen LogP contribution in [-0.2, 0) is 11.0 Å². The maximum Gasteiger partial charge on any atom is 0.182 e. The van der Waals surface area contributed by atoms with Gasteiger partial charge in [0, 0.05) is 28.8 Å². The monoisotopic (exact) mass is 491 g/mol. The summed E-state index contributed by atoms with van der Waals surface area (Å²) >= 11 is 0. The minimum absolute atomic E-state index is 0.0133. The van der Waals surface area contributed by atoms with Crippen LogP contribution in [0.2, 0.25) is 0 Å². The Labute approximate surface area is 208 Å². The summed E-state index contributed by atoms with van der Waals surface area (Å²) in [5.74, 6) is 1.03. The number of hydrogen-bond donors (Lipinski definition) is 3. The molecule has 0 aliphatic rings. The van der Waals surface area contributed by atoms with E-state index in [1.54, 1.807) is 43.4 Å². The van der Waals surface area contributed by atoms with Gasteiger partial charge in [0.05, 0.1) is 29.8 Å². The van der Waals surface area contributed by atoms with Crippen molar-refractivity contribution >= 4 is 39.3 Å². The fourth-order valence-electron chi connectivity index (χ4n) is 2.83. The lowest BCUT2D eigenvalue weighted by Gasteiger charge is -2.14. The van der Waals surface area contributed by atoms with E-state index < -0.39 is 11.0 Å². The zero-order chi connectivity index (χ0) is 25.8. The second kappa shape index (κ2) is 13.5. The predicted molar refractivity (Wildman–Crippen MR) is 143 cm³/mol. The number of methoxy groups -OCH3 is 1. The van der Waals surface area contributed by atoms with Crippen LogP contribution in [0.15, 0.2) is 77.2 Å². The molecule has 0 spiro atoms. The number of allylic oxidation sites excluding steroid dienone is 6. The lowest BCUT2D eigenvalue weighted by molar-refractivity contribution is 0.408. The zero-order valence-corrected chi connectivity index (χ0v) is 21.2. The largest absolute Gasteiger partial charge is 0.508 e. The molecular weight excluding hydrogens is 462 g/mol. The molecule has 8 nitrogen and oxygen atoms in total. The normalized spacial score (nSPS) is 12.5. The Morgan fingerprint density at radius 1 is 1.14 bits per heavy atom. The van der Waals surface area contributed by atoms with E-state index in [0.717, 1.165) is 0 Å². The molecule has 1 atom stereocenters. The Kier molecular flexibility index (Phi) is 10.5. The summed E-state index contributed by atoms with van der Waals surface area (Å²) < 4.78 is 21.0.